The number of carbonyl (C=O) groups is 2. The first-order valence-corrected chi connectivity index (χ1v) is 8.27. The van der Waals surface area contributed by atoms with Crippen molar-refractivity contribution in [3.05, 3.63) is 18.2 Å². The van der Waals surface area contributed by atoms with Crippen LogP contribution >= 0.6 is 0 Å². The maximum Gasteiger partial charge on any atom is 0.258 e. The second-order valence-corrected chi connectivity index (χ2v) is 6.18. The highest BCUT2D eigenvalue weighted by Gasteiger charge is 2.24. The number of hydrogen-bond donors (Lipinski definition) is 3. The second-order valence-electron chi connectivity index (χ2n) is 6.18. The van der Waals surface area contributed by atoms with Crippen molar-refractivity contribution in [1.29, 1.82) is 0 Å². The number of methoxy groups -OCH3 is 1. The molecule has 1 aromatic rings. The smallest absolute Gasteiger partial charge is 0.258 e. The van der Waals surface area contributed by atoms with Crippen molar-refractivity contribution in [2.75, 3.05) is 32.1 Å². The van der Waals surface area contributed by atoms with Crippen molar-refractivity contribution < 1.29 is 19.1 Å². The summed E-state index contributed by atoms with van der Waals surface area (Å²) in [6, 6.07) is 5.46. The zero-order valence-corrected chi connectivity index (χ0v) is 13.8. The maximum atomic E-state index is 12.2. The minimum absolute atomic E-state index is 0.0115. The van der Waals surface area contributed by atoms with E-state index in [4.69, 9.17) is 9.47 Å². The summed E-state index contributed by atoms with van der Waals surface area (Å²) in [4.78, 5) is 23.9. The van der Waals surface area contributed by atoms with Gasteiger partial charge in [-0.05, 0) is 37.9 Å². The molecule has 2 aliphatic rings. The van der Waals surface area contributed by atoms with Crippen molar-refractivity contribution in [2.45, 2.75) is 25.3 Å². The third-order valence-electron chi connectivity index (χ3n) is 4.16. The lowest BCUT2D eigenvalue weighted by molar-refractivity contribution is -0.123. The molecule has 1 atom stereocenters. The predicted octanol–water partition coefficient (Wildman–Crippen LogP) is 0.901. The molecule has 3 N–H and O–H groups in total. The molecule has 1 heterocycles. The molecule has 0 radical (unpaired) electrons. The molecule has 7 heteroatoms. The van der Waals surface area contributed by atoms with E-state index in [1.165, 1.54) is 7.11 Å². The highest BCUT2D eigenvalue weighted by molar-refractivity contribution is 5.93. The van der Waals surface area contributed by atoms with Gasteiger partial charge in [0, 0.05) is 24.3 Å². The molecular formula is C17H23N3O4. The summed E-state index contributed by atoms with van der Waals surface area (Å²) >= 11 is 0. The van der Waals surface area contributed by atoms with E-state index in [0.717, 1.165) is 25.8 Å². The van der Waals surface area contributed by atoms with Crippen LogP contribution in [-0.2, 0) is 9.59 Å². The van der Waals surface area contributed by atoms with Crippen molar-refractivity contribution in [3.8, 4) is 11.5 Å². The lowest BCUT2D eigenvalue weighted by Crippen LogP contribution is -2.30. The summed E-state index contributed by atoms with van der Waals surface area (Å²) < 4.78 is 10.8. The molecule has 0 spiro atoms. The van der Waals surface area contributed by atoms with Gasteiger partial charge in [-0.3, -0.25) is 9.59 Å². The highest BCUT2D eigenvalue weighted by Crippen LogP contribution is 2.30. The number of benzene rings is 1. The minimum Gasteiger partial charge on any atom is -0.493 e. The first kappa shape index (κ1) is 16.6. The van der Waals surface area contributed by atoms with Crippen LogP contribution in [0, 0.1) is 5.92 Å². The molecule has 7 nitrogen and oxygen atoms in total. The standard InChI is InChI=1S/C17H23N3O4/c1-23-14-5-4-13(20-17(22)11-6-7-18-9-11)8-15(14)24-10-16(21)19-12-2-3-12/h4-5,8,11-12,18H,2-3,6-7,9-10H2,1H3,(H,19,21)(H,20,22). The van der Waals surface area contributed by atoms with Gasteiger partial charge in [0.25, 0.3) is 5.91 Å². The van der Waals surface area contributed by atoms with Gasteiger partial charge in [-0.1, -0.05) is 0 Å². The maximum absolute atomic E-state index is 12.2. The molecular weight excluding hydrogens is 310 g/mol. The molecule has 130 valence electrons. The Balaban J connectivity index is 1.60. The first-order valence-electron chi connectivity index (χ1n) is 8.27. The van der Waals surface area contributed by atoms with Gasteiger partial charge in [0.1, 0.15) is 0 Å². The fourth-order valence-corrected chi connectivity index (χ4v) is 2.63. The zero-order valence-electron chi connectivity index (χ0n) is 13.8. The number of anilines is 1. The number of carbonyl (C=O) groups excluding carboxylic acids is 2. The van der Waals surface area contributed by atoms with E-state index < -0.39 is 0 Å². The fourth-order valence-electron chi connectivity index (χ4n) is 2.63. The summed E-state index contributed by atoms with van der Waals surface area (Å²) in [6.07, 6.45) is 2.91. The van der Waals surface area contributed by atoms with Gasteiger partial charge >= 0.3 is 0 Å². The van der Waals surface area contributed by atoms with Crippen LogP contribution in [-0.4, -0.2) is 44.7 Å². The Bertz CT molecular complexity index is 610. The van der Waals surface area contributed by atoms with Gasteiger partial charge in [0.05, 0.1) is 13.0 Å². The van der Waals surface area contributed by atoms with Crippen LogP contribution in [0.1, 0.15) is 19.3 Å². The average Bonchev–Trinajstić information content (AvgIpc) is 3.21. The van der Waals surface area contributed by atoms with Crippen LogP contribution < -0.4 is 25.4 Å². The van der Waals surface area contributed by atoms with Gasteiger partial charge in [0.2, 0.25) is 5.91 Å². The van der Waals surface area contributed by atoms with E-state index in [1.807, 2.05) is 0 Å². The Hall–Kier alpha value is -2.28. The molecule has 0 bridgehead atoms. The number of amides is 2. The molecule has 24 heavy (non-hydrogen) atoms. The van der Waals surface area contributed by atoms with Crippen molar-refractivity contribution >= 4 is 17.5 Å². The topological polar surface area (TPSA) is 88.7 Å². The van der Waals surface area contributed by atoms with E-state index in [-0.39, 0.29) is 24.3 Å². The number of ether oxygens (including phenoxy) is 2. The van der Waals surface area contributed by atoms with Gasteiger partial charge < -0.3 is 25.4 Å². The summed E-state index contributed by atoms with van der Waals surface area (Å²) in [6.45, 7) is 1.49. The third-order valence-corrected chi connectivity index (χ3v) is 4.16. The lowest BCUT2D eigenvalue weighted by atomic mass is 10.1. The third kappa shape index (κ3) is 4.38. The summed E-state index contributed by atoms with van der Waals surface area (Å²) in [5.74, 6) is 0.787. The Morgan fingerprint density at radius 1 is 1.25 bits per heavy atom. The van der Waals surface area contributed by atoms with E-state index in [2.05, 4.69) is 16.0 Å². The fraction of sp³-hybridized carbons (Fsp3) is 0.529. The zero-order chi connectivity index (χ0) is 16.9. The molecule has 1 aromatic carbocycles. The molecule has 0 aromatic heterocycles. The van der Waals surface area contributed by atoms with Crippen LogP contribution in [0.2, 0.25) is 0 Å². The number of nitrogens with one attached hydrogen (secondary N) is 3. The van der Waals surface area contributed by atoms with Crippen molar-refractivity contribution in [3.63, 3.8) is 0 Å². The molecule has 1 unspecified atom stereocenters. The summed E-state index contributed by atoms with van der Waals surface area (Å²) in [5, 5.41) is 8.93. The molecule has 1 saturated heterocycles. The molecule has 3 rings (SSSR count). The SMILES string of the molecule is COc1ccc(NC(=O)C2CCNC2)cc1OCC(=O)NC1CC1. The van der Waals surface area contributed by atoms with Crippen LogP contribution in [0.25, 0.3) is 0 Å². The van der Waals surface area contributed by atoms with E-state index in [0.29, 0.717) is 29.8 Å². The Morgan fingerprint density at radius 3 is 2.75 bits per heavy atom. The van der Waals surface area contributed by atoms with Gasteiger partial charge in [-0.15, -0.1) is 0 Å². The predicted molar refractivity (Wildman–Crippen MR) is 89.3 cm³/mol. The lowest BCUT2D eigenvalue weighted by Gasteiger charge is -2.14. The summed E-state index contributed by atoms with van der Waals surface area (Å²) in [7, 11) is 1.54. The second kappa shape index (κ2) is 7.53. The van der Waals surface area contributed by atoms with E-state index >= 15 is 0 Å². The van der Waals surface area contributed by atoms with Gasteiger partial charge in [-0.2, -0.15) is 0 Å². The number of rotatable bonds is 7. The Labute approximate surface area is 141 Å². The van der Waals surface area contributed by atoms with E-state index in [9.17, 15) is 9.59 Å². The first-order chi connectivity index (χ1) is 11.7. The van der Waals surface area contributed by atoms with Crippen LogP contribution in [0.15, 0.2) is 18.2 Å². The normalized spacial score (nSPS) is 19.6. The molecule has 2 amide bonds. The monoisotopic (exact) mass is 333 g/mol. The summed E-state index contributed by atoms with van der Waals surface area (Å²) in [5.41, 5.74) is 0.630. The largest absolute Gasteiger partial charge is 0.493 e. The van der Waals surface area contributed by atoms with Gasteiger partial charge in [-0.25, -0.2) is 0 Å². The van der Waals surface area contributed by atoms with E-state index in [1.54, 1.807) is 18.2 Å². The molecule has 1 aliphatic heterocycles. The van der Waals surface area contributed by atoms with Crippen LogP contribution in [0.3, 0.4) is 0 Å². The van der Waals surface area contributed by atoms with Gasteiger partial charge in [0.15, 0.2) is 18.1 Å². The Kier molecular flexibility index (Phi) is 5.20. The molecule has 1 saturated carbocycles. The van der Waals surface area contributed by atoms with Crippen LogP contribution in [0.4, 0.5) is 5.69 Å². The Morgan fingerprint density at radius 2 is 2.08 bits per heavy atom. The van der Waals surface area contributed by atoms with Crippen molar-refractivity contribution in [2.24, 2.45) is 5.92 Å². The molecule has 1 aliphatic carbocycles. The molecule has 2 fully saturated rings. The number of hydrogen-bond acceptors (Lipinski definition) is 5. The van der Waals surface area contributed by atoms with Crippen LogP contribution in [0.5, 0.6) is 11.5 Å². The quantitative estimate of drug-likeness (QED) is 0.690. The average molecular weight is 333 g/mol. The highest BCUT2D eigenvalue weighted by atomic mass is 16.5. The van der Waals surface area contributed by atoms with Crippen molar-refractivity contribution in [1.82, 2.24) is 10.6 Å². The minimum atomic E-state index is -0.147.